The Labute approximate surface area is 130 Å². The Morgan fingerprint density at radius 3 is 2.59 bits per heavy atom. The molecule has 0 bridgehead atoms. The predicted octanol–water partition coefficient (Wildman–Crippen LogP) is 3.68. The topological polar surface area (TPSA) is 47.6 Å². The fraction of sp³-hybridized carbons (Fsp3) is 0.167. The molecule has 0 heterocycles. The lowest BCUT2D eigenvalue weighted by molar-refractivity contribution is 0.139. The van der Waals surface area contributed by atoms with Crippen molar-refractivity contribution in [2.45, 2.75) is 13.2 Å². The van der Waals surface area contributed by atoms with Crippen molar-refractivity contribution in [2.24, 2.45) is 0 Å². The van der Waals surface area contributed by atoms with Crippen LogP contribution in [0.1, 0.15) is 11.1 Å². The van der Waals surface area contributed by atoms with Crippen LogP contribution in [0.4, 0.5) is 4.79 Å². The van der Waals surface area contributed by atoms with Crippen LogP contribution >= 0.6 is 0 Å². The van der Waals surface area contributed by atoms with Crippen LogP contribution in [0.5, 0.6) is 5.75 Å². The van der Waals surface area contributed by atoms with E-state index in [1.54, 1.807) is 6.08 Å². The summed E-state index contributed by atoms with van der Waals surface area (Å²) in [6.07, 6.45) is 1.22. The number of hydrogen-bond donors (Lipinski definition) is 1. The van der Waals surface area contributed by atoms with E-state index in [1.807, 2.05) is 54.6 Å². The van der Waals surface area contributed by atoms with Crippen LogP contribution in [0.15, 0.2) is 67.3 Å². The Balaban J connectivity index is 1.82. The van der Waals surface area contributed by atoms with E-state index < -0.39 is 6.09 Å². The zero-order chi connectivity index (χ0) is 15.6. The minimum absolute atomic E-state index is 0.251. The molecule has 114 valence electrons. The van der Waals surface area contributed by atoms with Crippen molar-refractivity contribution in [2.75, 3.05) is 6.61 Å². The Morgan fingerprint density at radius 2 is 1.82 bits per heavy atom. The number of carbonyl (C=O) groups excluding carboxylic acids is 1. The molecule has 0 aromatic heterocycles. The monoisotopic (exact) mass is 297 g/mol. The van der Waals surface area contributed by atoms with Gasteiger partial charge in [0.05, 0.1) is 0 Å². The molecule has 0 atom stereocenters. The quantitative estimate of drug-likeness (QED) is 0.793. The molecule has 0 fully saturated rings. The van der Waals surface area contributed by atoms with Gasteiger partial charge in [-0.15, -0.1) is 0 Å². The summed E-state index contributed by atoms with van der Waals surface area (Å²) < 4.78 is 10.7. The molecule has 0 aliphatic carbocycles. The molecule has 0 saturated heterocycles. The van der Waals surface area contributed by atoms with Crippen LogP contribution in [0.2, 0.25) is 0 Å². The van der Waals surface area contributed by atoms with Gasteiger partial charge in [0, 0.05) is 12.1 Å². The molecule has 1 amide bonds. The molecular weight excluding hydrogens is 278 g/mol. The van der Waals surface area contributed by atoms with Crippen LogP contribution in [-0.2, 0) is 17.9 Å². The van der Waals surface area contributed by atoms with E-state index in [9.17, 15) is 4.79 Å². The normalized spacial score (nSPS) is 9.82. The van der Waals surface area contributed by atoms with E-state index >= 15 is 0 Å². The molecule has 0 spiro atoms. The van der Waals surface area contributed by atoms with Gasteiger partial charge in [0.2, 0.25) is 0 Å². The summed E-state index contributed by atoms with van der Waals surface area (Å²) in [4.78, 5) is 11.7. The maximum atomic E-state index is 11.7. The number of amides is 1. The standard InChI is InChI=1S/C18H19NO3/c1-2-12-21-17-11-7-6-10-16(17)13-19-18(20)22-14-15-8-4-3-5-9-15/h2-11H,1,12-14H2,(H,19,20). The molecule has 22 heavy (non-hydrogen) atoms. The number of hydrogen-bond acceptors (Lipinski definition) is 3. The Hall–Kier alpha value is -2.75. The SMILES string of the molecule is C=CCOc1ccccc1CNC(=O)OCc1ccccc1. The van der Waals surface area contributed by atoms with Crippen molar-refractivity contribution >= 4 is 6.09 Å². The Morgan fingerprint density at radius 1 is 1.09 bits per heavy atom. The molecule has 0 aliphatic rings. The smallest absolute Gasteiger partial charge is 0.407 e. The number of para-hydroxylation sites is 1. The van der Waals surface area contributed by atoms with Crippen molar-refractivity contribution in [3.8, 4) is 5.75 Å². The predicted molar refractivity (Wildman–Crippen MR) is 85.6 cm³/mol. The van der Waals surface area contributed by atoms with Crippen molar-refractivity contribution in [3.05, 3.63) is 78.4 Å². The van der Waals surface area contributed by atoms with Gasteiger partial charge in [-0.1, -0.05) is 61.2 Å². The van der Waals surface area contributed by atoms with Crippen LogP contribution in [0, 0.1) is 0 Å². The van der Waals surface area contributed by atoms with Gasteiger partial charge in [0.1, 0.15) is 19.0 Å². The highest BCUT2D eigenvalue weighted by Crippen LogP contribution is 2.17. The molecule has 1 N–H and O–H groups in total. The molecule has 2 aromatic rings. The zero-order valence-electron chi connectivity index (χ0n) is 12.3. The average molecular weight is 297 g/mol. The molecule has 2 rings (SSSR count). The Kier molecular flexibility index (Phi) is 6.05. The Bertz CT molecular complexity index is 611. The van der Waals surface area contributed by atoms with Crippen LogP contribution in [-0.4, -0.2) is 12.7 Å². The highest BCUT2D eigenvalue weighted by molar-refractivity contribution is 5.67. The highest BCUT2D eigenvalue weighted by Gasteiger charge is 2.06. The lowest BCUT2D eigenvalue weighted by Gasteiger charge is -2.11. The maximum Gasteiger partial charge on any atom is 0.407 e. The molecule has 4 heteroatoms. The van der Waals surface area contributed by atoms with Crippen LogP contribution in [0.3, 0.4) is 0 Å². The van der Waals surface area contributed by atoms with Crippen molar-refractivity contribution in [1.29, 1.82) is 0 Å². The first-order chi connectivity index (χ1) is 10.8. The summed E-state index contributed by atoms with van der Waals surface area (Å²) in [7, 11) is 0. The van der Waals surface area contributed by atoms with Crippen molar-refractivity contribution < 1.29 is 14.3 Å². The molecule has 0 radical (unpaired) electrons. The largest absolute Gasteiger partial charge is 0.489 e. The lowest BCUT2D eigenvalue weighted by atomic mass is 10.2. The first-order valence-electron chi connectivity index (χ1n) is 7.05. The summed E-state index contributed by atoms with van der Waals surface area (Å²) in [6, 6.07) is 17.1. The minimum Gasteiger partial charge on any atom is -0.489 e. The van der Waals surface area contributed by atoms with Gasteiger partial charge in [-0.25, -0.2) is 4.79 Å². The van der Waals surface area contributed by atoms with Crippen molar-refractivity contribution in [3.63, 3.8) is 0 Å². The maximum absolute atomic E-state index is 11.7. The summed E-state index contributed by atoms with van der Waals surface area (Å²) in [5.74, 6) is 0.728. The van der Waals surface area contributed by atoms with Gasteiger partial charge < -0.3 is 14.8 Å². The molecular formula is C18H19NO3. The second-order valence-electron chi connectivity index (χ2n) is 4.62. The second-order valence-corrected chi connectivity index (χ2v) is 4.62. The molecule has 0 unspecified atom stereocenters. The van der Waals surface area contributed by atoms with Gasteiger partial charge in [-0.2, -0.15) is 0 Å². The van der Waals surface area contributed by atoms with E-state index in [2.05, 4.69) is 11.9 Å². The van der Waals surface area contributed by atoms with Gasteiger partial charge in [0.25, 0.3) is 0 Å². The van der Waals surface area contributed by atoms with Gasteiger partial charge in [0.15, 0.2) is 0 Å². The second kappa shape index (κ2) is 8.52. The third-order valence-corrected chi connectivity index (χ3v) is 2.97. The average Bonchev–Trinajstić information content (AvgIpc) is 2.58. The first kappa shape index (κ1) is 15.6. The lowest BCUT2D eigenvalue weighted by Crippen LogP contribution is -2.23. The third-order valence-electron chi connectivity index (χ3n) is 2.97. The number of nitrogens with one attached hydrogen (secondary N) is 1. The molecule has 0 saturated carbocycles. The summed E-state index contributed by atoms with van der Waals surface area (Å²) in [5, 5.41) is 2.72. The minimum atomic E-state index is -0.456. The zero-order valence-corrected chi connectivity index (χ0v) is 12.3. The highest BCUT2D eigenvalue weighted by atomic mass is 16.5. The summed E-state index contributed by atoms with van der Waals surface area (Å²) >= 11 is 0. The van der Waals surface area contributed by atoms with Crippen LogP contribution < -0.4 is 10.1 Å². The number of benzene rings is 2. The summed E-state index contributed by atoms with van der Waals surface area (Å²) in [6.45, 7) is 4.64. The van der Waals surface area contributed by atoms with Gasteiger partial charge >= 0.3 is 6.09 Å². The van der Waals surface area contributed by atoms with Crippen LogP contribution in [0.25, 0.3) is 0 Å². The number of carbonyl (C=O) groups is 1. The first-order valence-corrected chi connectivity index (χ1v) is 7.05. The number of rotatable bonds is 7. The van der Waals surface area contributed by atoms with E-state index in [0.717, 1.165) is 16.9 Å². The molecule has 2 aromatic carbocycles. The number of alkyl carbamates (subject to hydrolysis) is 1. The van der Waals surface area contributed by atoms with Gasteiger partial charge in [-0.05, 0) is 11.6 Å². The van der Waals surface area contributed by atoms with E-state index in [-0.39, 0.29) is 6.61 Å². The molecule has 4 nitrogen and oxygen atoms in total. The van der Waals surface area contributed by atoms with Crippen molar-refractivity contribution in [1.82, 2.24) is 5.32 Å². The fourth-order valence-electron chi connectivity index (χ4n) is 1.88. The van der Waals surface area contributed by atoms with E-state index in [1.165, 1.54) is 0 Å². The molecule has 0 aliphatic heterocycles. The third kappa shape index (κ3) is 4.98. The van der Waals surface area contributed by atoms with E-state index in [4.69, 9.17) is 9.47 Å². The number of ether oxygens (including phenoxy) is 2. The fourth-order valence-corrected chi connectivity index (χ4v) is 1.88. The summed E-state index contributed by atoms with van der Waals surface area (Å²) in [5.41, 5.74) is 1.84. The van der Waals surface area contributed by atoms with Gasteiger partial charge in [-0.3, -0.25) is 0 Å². The van der Waals surface area contributed by atoms with E-state index in [0.29, 0.717) is 13.2 Å².